The van der Waals surface area contributed by atoms with Crippen LogP contribution in [0.25, 0.3) is 0 Å². The molecule has 6 heteroatoms. The summed E-state index contributed by atoms with van der Waals surface area (Å²) in [4.78, 5) is 27.4. The second kappa shape index (κ2) is 12.4. The molecule has 0 radical (unpaired) electrons. The maximum atomic E-state index is 13.1. The lowest BCUT2D eigenvalue weighted by molar-refractivity contribution is -0.140. The van der Waals surface area contributed by atoms with Gasteiger partial charge in [0.1, 0.15) is 6.04 Å². The number of nitrogens with zero attached hydrogens (tertiary/aromatic N) is 1. The zero-order valence-corrected chi connectivity index (χ0v) is 18.7. The Morgan fingerprint density at radius 2 is 1.67 bits per heavy atom. The highest BCUT2D eigenvalue weighted by molar-refractivity contribution is 6.30. The lowest BCUT2D eigenvalue weighted by Crippen LogP contribution is -2.48. The van der Waals surface area contributed by atoms with Crippen LogP contribution in [0.15, 0.2) is 54.6 Å². The number of ether oxygens (including phenoxy) is 1. The van der Waals surface area contributed by atoms with Crippen LogP contribution in [0.2, 0.25) is 5.02 Å². The fraction of sp³-hybridized carbons (Fsp3) is 0.417. The van der Waals surface area contributed by atoms with Gasteiger partial charge in [-0.3, -0.25) is 9.59 Å². The molecule has 0 saturated heterocycles. The molecule has 0 aliphatic heterocycles. The largest absolute Gasteiger partial charge is 0.379 e. The first-order valence-electron chi connectivity index (χ1n) is 10.3. The summed E-state index contributed by atoms with van der Waals surface area (Å²) in [5, 5.41) is 3.55. The van der Waals surface area contributed by atoms with E-state index in [0.717, 1.165) is 17.5 Å². The fourth-order valence-corrected chi connectivity index (χ4v) is 3.12. The van der Waals surface area contributed by atoms with E-state index in [1.54, 1.807) is 24.0 Å². The number of nitrogens with one attached hydrogen (secondary N) is 1. The molecule has 2 aromatic carbocycles. The van der Waals surface area contributed by atoms with Crippen molar-refractivity contribution in [1.82, 2.24) is 10.2 Å². The molecule has 2 amide bonds. The molecule has 0 bridgehead atoms. The molecule has 162 valence electrons. The maximum absolute atomic E-state index is 13.1. The highest BCUT2D eigenvalue weighted by Gasteiger charge is 2.26. The van der Waals surface area contributed by atoms with Crippen LogP contribution in [0, 0.1) is 0 Å². The van der Waals surface area contributed by atoms with Crippen molar-refractivity contribution in [2.24, 2.45) is 0 Å². The average molecular weight is 431 g/mol. The van der Waals surface area contributed by atoms with Gasteiger partial charge < -0.3 is 15.0 Å². The molecule has 0 spiro atoms. The van der Waals surface area contributed by atoms with Crippen molar-refractivity contribution in [2.75, 3.05) is 13.2 Å². The Kier molecular flexibility index (Phi) is 9.84. The predicted molar refractivity (Wildman–Crippen MR) is 120 cm³/mol. The molecule has 0 aliphatic carbocycles. The van der Waals surface area contributed by atoms with Gasteiger partial charge in [-0.25, -0.2) is 0 Å². The van der Waals surface area contributed by atoms with Gasteiger partial charge in [0.2, 0.25) is 11.8 Å². The minimum atomic E-state index is -0.595. The van der Waals surface area contributed by atoms with Crippen molar-refractivity contribution >= 4 is 23.4 Å². The summed E-state index contributed by atoms with van der Waals surface area (Å²) in [6.45, 7) is 7.17. The quantitative estimate of drug-likeness (QED) is 0.542. The predicted octanol–water partition coefficient (Wildman–Crippen LogP) is 4.23. The summed E-state index contributed by atoms with van der Waals surface area (Å²) in [5.74, 6) is -0.267. The second-order valence-corrected chi connectivity index (χ2v) is 7.99. The molecule has 0 aromatic heterocycles. The normalized spacial score (nSPS) is 11.9. The minimum Gasteiger partial charge on any atom is -0.379 e. The molecular weight excluding hydrogens is 400 g/mol. The number of carbonyl (C=O) groups is 2. The van der Waals surface area contributed by atoms with E-state index in [9.17, 15) is 9.59 Å². The summed E-state index contributed by atoms with van der Waals surface area (Å²) >= 11 is 5.98. The van der Waals surface area contributed by atoms with Crippen LogP contribution in [-0.2, 0) is 27.3 Å². The van der Waals surface area contributed by atoms with Gasteiger partial charge in [0.05, 0.1) is 12.5 Å². The highest BCUT2D eigenvalue weighted by Crippen LogP contribution is 2.15. The molecular formula is C24H31ClN2O3. The third-order valence-electron chi connectivity index (χ3n) is 4.70. The van der Waals surface area contributed by atoms with Gasteiger partial charge in [0.25, 0.3) is 0 Å². The number of hydrogen-bond acceptors (Lipinski definition) is 3. The molecule has 5 nitrogen and oxygen atoms in total. The van der Waals surface area contributed by atoms with Crippen LogP contribution < -0.4 is 5.32 Å². The lowest BCUT2D eigenvalue weighted by Gasteiger charge is -2.29. The van der Waals surface area contributed by atoms with Gasteiger partial charge in [0.15, 0.2) is 0 Å². The first-order chi connectivity index (χ1) is 14.4. The zero-order valence-electron chi connectivity index (χ0n) is 17.9. The van der Waals surface area contributed by atoms with E-state index in [0.29, 0.717) is 24.7 Å². The summed E-state index contributed by atoms with van der Waals surface area (Å²) in [5.41, 5.74) is 1.84. The maximum Gasteiger partial charge on any atom is 0.242 e. The SMILES string of the molecule is CC(C)OCCCNC(=O)C(C)N(Cc1ccc(Cl)cc1)C(=O)Cc1ccccc1. The van der Waals surface area contributed by atoms with Crippen LogP contribution in [-0.4, -0.2) is 42.0 Å². The second-order valence-electron chi connectivity index (χ2n) is 7.55. The Morgan fingerprint density at radius 1 is 1.00 bits per heavy atom. The highest BCUT2D eigenvalue weighted by atomic mass is 35.5. The van der Waals surface area contributed by atoms with Gasteiger partial charge in [-0.1, -0.05) is 54.1 Å². The van der Waals surface area contributed by atoms with E-state index in [1.165, 1.54) is 0 Å². The van der Waals surface area contributed by atoms with Gasteiger partial charge in [0, 0.05) is 24.7 Å². The van der Waals surface area contributed by atoms with Crippen LogP contribution in [0.1, 0.15) is 38.3 Å². The lowest BCUT2D eigenvalue weighted by atomic mass is 10.1. The molecule has 1 atom stereocenters. The van der Waals surface area contributed by atoms with Gasteiger partial charge in [-0.2, -0.15) is 0 Å². The Labute approximate surface area is 184 Å². The summed E-state index contributed by atoms with van der Waals surface area (Å²) in [7, 11) is 0. The zero-order chi connectivity index (χ0) is 21.9. The van der Waals surface area contributed by atoms with E-state index in [1.807, 2.05) is 56.3 Å². The van der Waals surface area contributed by atoms with Gasteiger partial charge >= 0.3 is 0 Å². The number of carbonyl (C=O) groups excluding carboxylic acids is 2. The standard InChI is InChI=1S/C24H31ClN2O3/c1-18(2)30-15-7-14-26-24(29)19(3)27(17-21-10-12-22(25)13-11-21)23(28)16-20-8-5-4-6-9-20/h4-6,8-13,18-19H,7,14-17H2,1-3H3,(H,26,29). The number of benzene rings is 2. The third-order valence-corrected chi connectivity index (χ3v) is 4.96. The van der Waals surface area contributed by atoms with Crippen molar-refractivity contribution in [3.05, 3.63) is 70.7 Å². The molecule has 0 heterocycles. The summed E-state index contributed by atoms with van der Waals surface area (Å²) < 4.78 is 5.50. The molecule has 2 rings (SSSR count). The molecule has 1 unspecified atom stereocenters. The molecule has 0 fully saturated rings. The Bertz CT molecular complexity index is 794. The van der Waals surface area contributed by atoms with Crippen LogP contribution >= 0.6 is 11.6 Å². The van der Waals surface area contributed by atoms with E-state index in [4.69, 9.17) is 16.3 Å². The number of rotatable bonds is 11. The van der Waals surface area contributed by atoms with E-state index >= 15 is 0 Å². The van der Waals surface area contributed by atoms with Gasteiger partial charge in [-0.15, -0.1) is 0 Å². The van der Waals surface area contributed by atoms with Crippen LogP contribution in [0.5, 0.6) is 0 Å². The van der Waals surface area contributed by atoms with Gasteiger partial charge in [-0.05, 0) is 50.5 Å². The molecule has 30 heavy (non-hydrogen) atoms. The Hall–Kier alpha value is -2.37. The van der Waals surface area contributed by atoms with Crippen molar-refractivity contribution in [3.63, 3.8) is 0 Å². The summed E-state index contributed by atoms with van der Waals surface area (Å²) in [6.07, 6.45) is 1.14. The van der Waals surface area contributed by atoms with Crippen LogP contribution in [0.3, 0.4) is 0 Å². The number of hydrogen-bond donors (Lipinski definition) is 1. The first-order valence-corrected chi connectivity index (χ1v) is 10.7. The fourth-order valence-electron chi connectivity index (χ4n) is 2.99. The Morgan fingerprint density at radius 3 is 2.30 bits per heavy atom. The molecule has 0 saturated carbocycles. The minimum absolute atomic E-state index is 0.0954. The van der Waals surface area contributed by atoms with Crippen molar-refractivity contribution in [1.29, 1.82) is 0 Å². The summed E-state index contributed by atoms with van der Waals surface area (Å²) in [6, 6.07) is 16.3. The van der Waals surface area contributed by atoms with E-state index in [-0.39, 0.29) is 24.3 Å². The smallest absolute Gasteiger partial charge is 0.242 e. The molecule has 2 aromatic rings. The Balaban J connectivity index is 2.04. The number of amides is 2. The topological polar surface area (TPSA) is 58.6 Å². The van der Waals surface area contributed by atoms with Crippen molar-refractivity contribution < 1.29 is 14.3 Å². The van der Waals surface area contributed by atoms with E-state index < -0.39 is 6.04 Å². The molecule has 1 N–H and O–H groups in total. The third kappa shape index (κ3) is 8.17. The van der Waals surface area contributed by atoms with Crippen LogP contribution in [0.4, 0.5) is 0 Å². The van der Waals surface area contributed by atoms with E-state index in [2.05, 4.69) is 5.32 Å². The molecule has 0 aliphatic rings. The number of halogens is 1. The monoisotopic (exact) mass is 430 g/mol. The van der Waals surface area contributed by atoms with Crippen molar-refractivity contribution in [3.8, 4) is 0 Å². The van der Waals surface area contributed by atoms with Crippen molar-refractivity contribution in [2.45, 2.75) is 52.3 Å². The average Bonchev–Trinajstić information content (AvgIpc) is 2.73. The first kappa shape index (κ1) is 23.9.